The molecule has 28 heavy (non-hydrogen) atoms. The van der Waals surface area contributed by atoms with Crippen molar-refractivity contribution in [3.05, 3.63) is 83.8 Å². The highest BCUT2D eigenvalue weighted by Gasteiger charge is 2.17. The van der Waals surface area contributed by atoms with Crippen LogP contribution in [0.5, 0.6) is 5.75 Å². The monoisotopic (exact) mass is 371 g/mol. The van der Waals surface area contributed by atoms with E-state index < -0.39 is 0 Å². The first kappa shape index (κ1) is 17.8. The van der Waals surface area contributed by atoms with Gasteiger partial charge >= 0.3 is 0 Å². The molecule has 2 aromatic carbocycles. The van der Waals surface area contributed by atoms with Crippen molar-refractivity contribution in [2.75, 3.05) is 12.4 Å². The molecular formula is C23H21N3O2. The fourth-order valence-corrected chi connectivity index (χ4v) is 3.52. The van der Waals surface area contributed by atoms with Crippen LogP contribution in [0.1, 0.15) is 21.7 Å². The second-order valence-corrected chi connectivity index (χ2v) is 6.65. The summed E-state index contributed by atoms with van der Waals surface area (Å²) in [7, 11) is 1.64. The third kappa shape index (κ3) is 3.11. The van der Waals surface area contributed by atoms with E-state index >= 15 is 0 Å². The van der Waals surface area contributed by atoms with Crippen LogP contribution in [0.25, 0.3) is 16.6 Å². The number of methoxy groups -OCH3 is 1. The number of carbonyl (C=O) groups excluding carboxylic acids is 1. The first-order valence-electron chi connectivity index (χ1n) is 9.07. The third-order valence-electron chi connectivity index (χ3n) is 4.89. The second-order valence-electron chi connectivity index (χ2n) is 6.65. The van der Waals surface area contributed by atoms with Crippen LogP contribution in [0, 0.1) is 13.8 Å². The number of aryl methyl sites for hydroxylation is 1. The summed E-state index contributed by atoms with van der Waals surface area (Å²) in [6.45, 7) is 3.95. The normalized spacial score (nSPS) is 10.8. The highest BCUT2D eigenvalue weighted by atomic mass is 16.5. The molecule has 4 aromatic rings. The number of nitrogens with one attached hydrogen (secondary N) is 1. The Morgan fingerprint density at radius 1 is 1.04 bits per heavy atom. The molecule has 2 aromatic heterocycles. The number of amides is 1. The summed E-state index contributed by atoms with van der Waals surface area (Å²) in [5.74, 6) is 0.652. The Morgan fingerprint density at radius 2 is 1.79 bits per heavy atom. The van der Waals surface area contributed by atoms with E-state index in [2.05, 4.69) is 14.9 Å². The fraction of sp³-hybridized carbons (Fsp3) is 0.130. The lowest BCUT2D eigenvalue weighted by atomic mass is 10.1. The Morgan fingerprint density at radius 3 is 2.54 bits per heavy atom. The molecule has 2 heterocycles. The van der Waals surface area contributed by atoms with Gasteiger partial charge in [-0.05, 0) is 56.3 Å². The lowest BCUT2D eigenvalue weighted by Gasteiger charge is -2.11. The quantitative estimate of drug-likeness (QED) is 0.555. The van der Waals surface area contributed by atoms with Crippen LogP contribution >= 0.6 is 0 Å². The fourth-order valence-electron chi connectivity index (χ4n) is 3.52. The first-order chi connectivity index (χ1) is 13.6. The molecule has 4 rings (SSSR count). The molecule has 0 aliphatic carbocycles. The van der Waals surface area contributed by atoms with Gasteiger partial charge in [-0.3, -0.25) is 9.78 Å². The van der Waals surface area contributed by atoms with Gasteiger partial charge in [-0.25, -0.2) is 0 Å². The van der Waals surface area contributed by atoms with Gasteiger partial charge in [0.2, 0.25) is 0 Å². The predicted octanol–water partition coefficient (Wildman–Crippen LogP) is 4.90. The first-order valence-corrected chi connectivity index (χ1v) is 9.07. The van der Waals surface area contributed by atoms with Crippen molar-refractivity contribution in [1.29, 1.82) is 0 Å². The number of fused-ring (bicyclic) bond motifs is 1. The molecular weight excluding hydrogens is 350 g/mol. The Balaban J connectivity index is 1.68. The second kappa shape index (κ2) is 7.19. The number of rotatable bonds is 4. The number of carbonyl (C=O) groups is 1. The number of benzene rings is 2. The maximum atomic E-state index is 13.0. The number of para-hydroxylation sites is 1. The van der Waals surface area contributed by atoms with E-state index in [4.69, 9.17) is 4.74 Å². The molecule has 0 fully saturated rings. The Bertz CT molecular complexity index is 1160. The maximum absolute atomic E-state index is 13.0. The topological polar surface area (TPSA) is 56.1 Å². The summed E-state index contributed by atoms with van der Waals surface area (Å²) in [6.07, 6.45) is 1.73. The molecule has 140 valence electrons. The summed E-state index contributed by atoms with van der Waals surface area (Å²) in [5, 5.41) is 4.01. The van der Waals surface area contributed by atoms with Crippen LogP contribution in [0.2, 0.25) is 0 Å². The van der Waals surface area contributed by atoms with Crippen LogP contribution in [-0.4, -0.2) is 22.6 Å². The van der Waals surface area contributed by atoms with Crippen molar-refractivity contribution in [1.82, 2.24) is 9.55 Å². The Labute approximate surface area is 163 Å². The van der Waals surface area contributed by atoms with Crippen molar-refractivity contribution in [3.63, 3.8) is 0 Å². The van der Waals surface area contributed by atoms with Gasteiger partial charge in [0.15, 0.2) is 0 Å². The summed E-state index contributed by atoms with van der Waals surface area (Å²) in [6, 6.07) is 19.3. The van der Waals surface area contributed by atoms with Gasteiger partial charge in [-0.15, -0.1) is 0 Å². The third-order valence-corrected chi connectivity index (χ3v) is 4.89. The minimum absolute atomic E-state index is 0.147. The highest BCUT2D eigenvalue weighted by Crippen LogP contribution is 2.25. The van der Waals surface area contributed by atoms with Crippen LogP contribution in [0.4, 0.5) is 5.69 Å². The number of hydrogen-bond donors (Lipinski definition) is 1. The number of aromatic nitrogens is 2. The molecule has 0 unspecified atom stereocenters. The molecule has 0 aliphatic rings. The maximum Gasteiger partial charge on any atom is 0.257 e. The van der Waals surface area contributed by atoms with Crippen LogP contribution < -0.4 is 10.1 Å². The molecule has 1 N–H and O–H groups in total. The Kier molecular flexibility index (Phi) is 4.57. The molecule has 0 spiro atoms. The average Bonchev–Trinajstić information content (AvgIpc) is 3.02. The largest absolute Gasteiger partial charge is 0.497 e. The van der Waals surface area contributed by atoms with E-state index in [0.29, 0.717) is 11.3 Å². The van der Waals surface area contributed by atoms with Gasteiger partial charge in [0.05, 0.1) is 23.9 Å². The zero-order chi connectivity index (χ0) is 19.7. The van der Waals surface area contributed by atoms with E-state index in [-0.39, 0.29) is 5.91 Å². The summed E-state index contributed by atoms with van der Waals surface area (Å²) >= 11 is 0. The average molecular weight is 371 g/mol. The number of anilines is 1. The molecule has 0 saturated carbocycles. The van der Waals surface area contributed by atoms with Crippen LogP contribution in [0.15, 0.2) is 66.9 Å². The van der Waals surface area contributed by atoms with E-state index in [9.17, 15) is 4.79 Å². The minimum Gasteiger partial charge on any atom is -0.497 e. The zero-order valence-corrected chi connectivity index (χ0v) is 16.1. The van der Waals surface area contributed by atoms with Crippen molar-refractivity contribution in [2.24, 2.45) is 0 Å². The van der Waals surface area contributed by atoms with Gasteiger partial charge in [0.1, 0.15) is 5.75 Å². The van der Waals surface area contributed by atoms with E-state index in [0.717, 1.165) is 33.7 Å². The van der Waals surface area contributed by atoms with Gasteiger partial charge in [0, 0.05) is 28.7 Å². The molecule has 0 aliphatic heterocycles. The standard InChI is InChI=1S/C23H21N3O2/c1-15-14-20(16(2)26(15)18-9-11-19(28-3)12-10-18)23(27)25-21-8-4-6-17-7-5-13-24-22(17)21/h4-14H,1-3H3,(H,25,27). The molecule has 5 heteroatoms. The summed E-state index contributed by atoms with van der Waals surface area (Å²) in [5.41, 5.74) is 4.99. The molecule has 0 bridgehead atoms. The lowest BCUT2D eigenvalue weighted by Crippen LogP contribution is -2.13. The summed E-state index contributed by atoms with van der Waals surface area (Å²) in [4.78, 5) is 17.4. The number of hydrogen-bond acceptors (Lipinski definition) is 3. The highest BCUT2D eigenvalue weighted by molar-refractivity contribution is 6.09. The van der Waals surface area contributed by atoms with Crippen molar-refractivity contribution in [3.8, 4) is 11.4 Å². The Hall–Kier alpha value is -3.60. The van der Waals surface area contributed by atoms with Gasteiger partial charge in [-0.1, -0.05) is 18.2 Å². The van der Waals surface area contributed by atoms with Crippen molar-refractivity contribution >= 4 is 22.5 Å². The number of ether oxygens (including phenoxy) is 1. The van der Waals surface area contributed by atoms with Crippen molar-refractivity contribution < 1.29 is 9.53 Å². The number of nitrogens with zero attached hydrogens (tertiary/aromatic N) is 2. The van der Waals surface area contributed by atoms with E-state index in [1.54, 1.807) is 13.3 Å². The van der Waals surface area contributed by atoms with Gasteiger partial charge < -0.3 is 14.6 Å². The minimum atomic E-state index is -0.147. The zero-order valence-electron chi connectivity index (χ0n) is 16.1. The van der Waals surface area contributed by atoms with E-state index in [1.165, 1.54) is 0 Å². The lowest BCUT2D eigenvalue weighted by molar-refractivity contribution is 0.102. The predicted molar refractivity (Wildman–Crippen MR) is 111 cm³/mol. The molecule has 1 amide bonds. The van der Waals surface area contributed by atoms with Crippen molar-refractivity contribution in [2.45, 2.75) is 13.8 Å². The van der Waals surface area contributed by atoms with Gasteiger partial charge in [0.25, 0.3) is 5.91 Å². The van der Waals surface area contributed by atoms with Crippen LogP contribution in [-0.2, 0) is 0 Å². The molecule has 0 saturated heterocycles. The molecule has 0 radical (unpaired) electrons. The number of pyridine rings is 1. The van der Waals surface area contributed by atoms with E-state index in [1.807, 2.05) is 74.5 Å². The summed E-state index contributed by atoms with van der Waals surface area (Å²) < 4.78 is 7.30. The smallest absolute Gasteiger partial charge is 0.257 e. The van der Waals surface area contributed by atoms with Gasteiger partial charge in [-0.2, -0.15) is 0 Å². The molecule has 0 atom stereocenters. The van der Waals surface area contributed by atoms with Crippen LogP contribution in [0.3, 0.4) is 0 Å². The SMILES string of the molecule is COc1ccc(-n2c(C)cc(C(=O)Nc3cccc4cccnc34)c2C)cc1. The molecule has 5 nitrogen and oxygen atoms in total.